The Labute approximate surface area is 146 Å². The zero-order chi connectivity index (χ0) is 17.3. The molecule has 7 heteroatoms. The highest BCUT2D eigenvalue weighted by Crippen LogP contribution is 2.30. The number of para-hydroxylation sites is 1. The molecule has 1 fully saturated rings. The number of halogens is 1. The van der Waals surface area contributed by atoms with Crippen LogP contribution in [0.3, 0.4) is 0 Å². The summed E-state index contributed by atoms with van der Waals surface area (Å²) in [4.78, 5) is 13.7. The number of benzene rings is 1. The minimum Gasteiger partial charge on any atom is -0.379 e. The van der Waals surface area contributed by atoms with Gasteiger partial charge in [-0.05, 0) is 26.0 Å². The van der Waals surface area contributed by atoms with E-state index in [2.05, 4.69) is 10.5 Å². The smallest absolute Gasteiger partial charge is 0.319 e. The van der Waals surface area contributed by atoms with Gasteiger partial charge in [0, 0.05) is 13.1 Å². The van der Waals surface area contributed by atoms with Crippen molar-refractivity contribution >= 4 is 28.5 Å². The van der Waals surface area contributed by atoms with Gasteiger partial charge in [-0.1, -0.05) is 22.8 Å². The first kappa shape index (κ1) is 17.4. The summed E-state index contributed by atoms with van der Waals surface area (Å²) < 4.78 is 10.9. The first-order valence-electron chi connectivity index (χ1n) is 8.14. The van der Waals surface area contributed by atoms with Gasteiger partial charge < -0.3 is 14.6 Å². The molecule has 1 aliphatic rings. The van der Waals surface area contributed by atoms with Crippen LogP contribution in [0.25, 0.3) is 11.0 Å². The number of nitrogens with zero attached hydrogens (tertiary/aromatic N) is 1. The molecule has 2 unspecified atom stereocenters. The normalized spacial score (nSPS) is 20.8. The average Bonchev–Trinajstić information content (AvgIpc) is 2.83. The number of hydrogen-bond donors (Lipinski definition) is 2. The number of carbonyl (C=O) groups excluding carboxylic acids is 1. The van der Waals surface area contributed by atoms with E-state index >= 15 is 0 Å². The second-order valence-corrected chi connectivity index (χ2v) is 7.15. The van der Waals surface area contributed by atoms with E-state index in [1.807, 2.05) is 33.0 Å². The zero-order valence-electron chi connectivity index (χ0n) is 14.2. The van der Waals surface area contributed by atoms with Gasteiger partial charge in [0.05, 0.1) is 30.7 Å². The summed E-state index contributed by atoms with van der Waals surface area (Å²) in [5.41, 5.74) is 0.731. The summed E-state index contributed by atoms with van der Waals surface area (Å²) in [6.45, 7) is 6.48. The predicted molar refractivity (Wildman–Crippen MR) is 91.1 cm³/mol. The molecule has 130 valence electrons. The Morgan fingerprint density at radius 3 is 3.04 bits per heavy atom. The molecule has 24 heavy (non-hydrogen) atoms. The molecule has 0 radical (unpaired) electrons. The number of carbonyl (C=O) groups is 1. The molecule has 0 aliphatic carbocycles. The van der Waals surface area contributed by atoms with Crippen molar-refractivity contribution in [3.8, 4) is 0 Å². The van der Waals surface area contributed by atoms with E-state index < -0.39 is 5.54 Å². The number of ether oxygens (including phenoxy) is 1. The molecular weight excluding hydrogens is 330 g/mol. The zero-order valence-corrected chi connectivity index (χ0v) is 14.9. The largest absolute Gasteiger partial charge is 0.379 e. The number of fused-ring (bicyclic) bond motifs is 1. The van der Waals surface area contributed by atoms with Crippen LogP contribution in [0, 0.1) is 5.92 Å². The fraction of sp³-hybridized carbons (Fsp3) is 0.529. The highest BCUT2D eigenvalue weighted by Gasteiger charge is 2.42. The van der Waals surface area contributed by atoms with Crippen molar-refractivity contribution in [3.63, 3.8) is 0 Å². The molecule has 1 aromatic heterocycles. The Morgan fingerprint density at radius 2 is 2.25 bits per heavy atom. The number of rotatable bonds is 3. The molecule has 1 amide bonds. The van der Waals surface area contributed by atoms with Crippen molar-refractivity contribution in [3.05, 3.63) is 28.9 Å². The van der Waals surface area contributed by atoms with Crippen molar-refractivity contribution < 1.29 is 19.0 Å². The van der Waals surface area contributed by atoms with E-state index in [1.165, 1.54) is 0 Å². The van der Waals surface area contributed by atoms with Gasteiger partial charge >= 0.3 is 5.91 Å². The van der Waals surface area contributed by atoms with Crippen LogP contribution in [0.5, 0.6) is 0 Å². The number of nitrogens with one attached hydrogen (secondary N) is 2. The summed E-state index contributed by atoms with van der Waals surface area (Å²) in [5, 5.41) is 8.82. The van der Waals surface area contributed by atoms with Crippen LogP contribution in [-0.2, 0) is 15.1 Å². The maximum absolute atomic E-state index is 13.0. The molecule has 6 nitrogen and oxygen atoms in total. The summed E-state index contributed by atoms with van der Waals surface area (Å²) in [7, 11) is 1.87. The molecule has 1 saturated heterocycles. The topological polar surface area (TPSA) is 68.8 Å². The van der Waals surface area contributed by atoms with Gasteiger partial charge in [-0.15, -0.1) is 0 Å². The molecule has 3 rings (SSSR count). The number of amides is 1. The van der Waals surface area contributed by atoms with Crippen LogP contribution in [0.4, 0.5) is 0 Å². The van der Waals surface area contributed by atoms with Crippen molar-refractivity contribution in [2.24, 2.45) is 5.92 Å². The van der Waals surface area contributed by atoms with E-state index in [0.29, 0.717) is 30.4 Å². The quantitative estimate of drug-likeness (QED) is 0.862. The molecule has 2 aromatic rings. The minimum atomic E-state index is -0.556. The molecule has 0 spiro atoms. The second kappa shape index (κ2) is 6.80. The fourth-order valence-electron chi connectivity index (χ4n) is 3.04. The lowest BCUT2D eigenvalue weighted by atomic mass is 9.94. The third-order valence-corrected chi connectivity index (χ3v) is 5.15. The summed E-state index contributed by atoms with van der Waals surface area (Å²) in [6, 6.07) is 5.55. The Morgan fingerprint density at radius 1 is 1.46 bits per heavy atom. The molecule has 0 saturated carbocycles. The van der Waals surface area contributed by atoms with Crippen molar-refractivity contribution in [1.29, 1.82) is 0 Å². The molecule has 2 N–H and O–H groups in total. The third kappa shape index (κ3) is 3.07. The first-order valence-corrected chi connectivity index (χ1v) is 8.52. The Hall–Kier alpha value is -1.47. The van der Waals surface area contributed by atoms with Gasteiger partial charge in [-0.3, -0.25) is 4.90 Å². The monoisotopic (exact) mass is 352 g/mol. The van der Waals surface area contributed by atoms with E-state index in [-0.39, 0.29) is 11.8 Å². The summed E-state index contributed by atoms with van der Waals surface area (Å²) >= 11 is 6.17. The lowest BCUT2D eigenvalue weighted by Crippen LogP contribution is -3.18. The molecule has 1 aromatic carbocycles. The van der Waals surface area contributed by atoms with Gasteiger partial charge in [0.2, 0.25) is 0 Å². The highest BCUT2D eigenvalue weighted by molar-refractivity contribution is 6.34. The standard InChI is InChI=1S/C17H22ClN3O3/c1-17(2,15-12-5-4-6-13(18)14(12)24-20-15)21(3)16(22)11-9-19-7-8-23-10-11/h4-6,11,19H,7-10H2,1-3H3/p+1. The Balaban J connectivity index is 1.90. The number of quaternary nitrogens is 1. The van der Waals surface area contributed by atoms with Crippen molar-refractivity contribution in [2.75, 3.05) is 33.4 Å². The van der Waals surface area contributed by atoms with Gasteiger partial charge in [0.1, 0.15) is 11.5 Å². The van der Waals surface area contributed by atoms with Crippen LogP contribution in [0.2, 0.25) is 5.02 Å². The van der Waals surface area contributed by atoms with Crippen LogP contribution in [-0.4, -0.2) is 44.4 Å². The molecule has 2 heterocycles. The molecular formula is C17H23ClN3O3+. The average molecular weight is 353 g/mol. The highest BCUT2D eigenvalue weighted by atomic mass is 35.5. The summed E-state index contributed by atoms with van der Waals surface area (Å²) in [6.07, 6.45) is 0. The van der Waals surface area contributed by atoms with Crippen LogP contribution < -0.4 is 10.2 Å². The lowest BCUT2D eigenvalue weighted by molar-refractivity contribution is -0.864. The summed E-state index contributed by atoms with van der Waals surface area (Å²) in [5.74, 6) is -0.0684. The maximum Gasteiger partial charge on any atom is 0.319 e. The van der Waals surface area contributed by atoms with E-state index in [1.54, 1.807) is 6.07 Å². The fourth-order valence-corrected chi connectivity index (χ4v) is 3.25. The maximum atomic E-state index is 13.0. The SMILES string of the molecule is C[NH+](C(=O)C1CNCCOC1)C(C)(C)c1noc2c(Cl)cccc12. The van der Waals surface area contributed by atoms with Crippen molar-refractivity contribution in [1.82, 2.24) is 10.5 Å². The van der Waals surface area contributed by atoms with Gasteiger partial charge in [0.25, 0.3) is 0 Å². The van der Waals surface area contributed by atoms with Crippen LogP contribution in [0.15, 0.2) is 22.7 Å². The number of hydrogen-bond acceptors (Lipinski definition) is 5. The third-order valence-electron chi connectivity index (χ3n) is 4.85. The second-order valence-electron chi connectivity index (χ2n) is 6.74. The van der Waals surface area contributed by atoms with Gasteiger partial charge in [-0.25, -0.2) is 4.79 Å². The minimum absolute atomic E-state index is 0.104. The first-order chi connectivity index (χ1) is 11.4. The van der Waals surface area contributed by atoms with Gasteiger partial charge in [-0.2, -0.15) is 0 Å². The van der Waals surface area contributed by atoms with E-state index in [4.69, 9.17) is 20.9 Å². The Bertz CT molecular complexity index is 736. The van der Waals surface area contributed by atoms with E-state index in [0.717, 1.165) is 22.5 Å². The van der Waals surface area contributed by atoms with E-state index in [9.17, 15) is 4.79 Å². The lowest BCUT2D eigenvalue weighted by Gasteiger charge is -2.30. The molecule has 1 aliphatic heterocycles. The Kier molecular flexibility index (Phi) is 4.92. The number of aromatic nitrogens is 1. The van der Waals surface area contributed by atoms with Gasteiger partial charge in [0.15, 0.2) is 11.3 Å². The van der Waals surface area contributed by atoms with Crippen molar-refractivity contribution in [2.45, 2.75) is 19.4 Å². The van der Waals surface area contributed by atoms with Crippen LogP contribution in [0.1, 0.15) is 19.5 Å². The van der Waals surface area contributed by atoms with Crippen LogP contribution >= 0.6 is 11.6 Å². The molecule has 0 bridgehead atoms. The molecule has 2 atom stereocenters. The predicted octanol–water partition coefficient (Wildman–Crippen LogP) is 0.994.